The summed E-state index contributed by atoms with van der Waals surface area (Å²) < 4.78 is 12.9. The summed E-state index contributed by atoms with van der Waals surface area (Å²) in [7, 11) is 1.94. The van der Waals surface area contributed by atoms with E-state index in [2.05, 4.69) is 17.6 Å². The molecule has 0 aliphatic carbocycles. The number of benzene rings is 1. The minimum absolute atomic E-state index is 0.150. The highest BCUT2D eigenvalue weighted by Crippen LogP contribution is 2.27. The van der Waals surface area contributed by atoms with Gasteiger partial charge in [0.05, 0.1) is 0 Å². The topological polar surface area (TPSA) is 24.1 Å². The highest BCUT2D eigenvalue weighted by Gasteiger charge is 2.24. The van der Waals surface area contributed by atoms with Crippen molar-refractivity contribution < 1.29 is 4.39 Å². The normalized spacial score (nSPS) is 21.5. The van der Waals surface area contributed by atoms with E-state index < -0.39 is 0 Å². The van der Waals surface area contributed by atoms with Crippen LogP contribution in [0.2, 0.25) is 0 Å². The molecule has 0 bridgehead atoms. The first kappa shape index (κ1) is 9.46. The molecule has 2 atom stereocenters. The first-order valence-electron chi connectivity index (χ1n) is 4.93. The lowest BCUT2D eigenvalue weighted by Crippen LogP contribution is -2.38. The summed E-state index contributed by atoms with van der Waals surface area (Å²) in [5.41, 5.74) is 2.15. The van der Waals surface area contributed by atoms with Crippen molar-refractivity contribution in [1.29, 1.82) is 0 Å². The van der Waals surface area contributed by atoms with Gasteiger partial charge in [0.15, 0.2) is 0 Å². The molecular formula is C11H15FN2. The Morgan fingerprint density at radius 3 is 3.07 bits per heavy atom. The zero-order valence-electron chi connectivity index (χ0n) is 8.47. The van der Waals surface area contributed by atoms with Crippen LogP contribution in [0.4, 0.5) is 10.1 Å². The zero-order valence-corrected chi connectivity index (χ0v) is 8.47. The van der Waals surface area contributed by atoms with Crippen LogP contribution in [-0.2, 0) is 6.42 Å². The van der Waals surface area contributed by atoms with Gasteiger partial charge in [-0.25, -0.2) is 4.39 Å². The predicted molar refractivity (Wildman–Crippen MR) is 56.0 cm³/mol. The minimum Gasteiger partial charge on any atom is -0.380 e. The van der Waals surface area contributed by atoms with Crippen molar-refractivity contribution in [3.63, 3.8) is 0 Å². The van der Waals surface area contributed by atoms with Crippen molar-refractivity contribution in [2.45, 2.75) is 25.4 Å². The van der Waals surface area contributed by atoms with Gasteiger partial charge in [-0.2, -0.15) is 0 Å². The summed E-state index contributed by atoms with van der Waals surface area (Å²) in [6, 6.07) is 5.69. The SMILES string of the molecule is CNC(C)C1Cc2cc(F)ccc2N1. The summed E-state index contributed by atoms with van der Waals surface area (Å²) in [6.45, 7) is 2.12. The fourth-order valence-corrected chi connectivity index (χ4v) is 1.86. The number of hydrogen-bond acceptors (Lipinski definition) is 2. The average Bonchev–Trinajstić information content (AvgIpc) is 2.59. The molecule has 0 fully saturated rings. The van der Waals surface area contributed by atoms with Crippen LogP contribution in [0, 0.1) is 5.82 Å². The van der Waals surface area contributed by atoms with E-state index in [1.807, 2.05) is 13.1 Å². The molecule has 0 aromatic heterocycles. The van der Waals surface area contributed by atoms with E-state index in [4.69, 9.17) is 0 Å². The monoisotopic (exact) mass is 194 g/mol. The van der Waals surface area contributed by atoms with Gasteiger partial charge in [0.25, 0.3) is 0 Å². The molecule has 14 heavy (non-hydrogen) atoms. The van der Waals surface area contributed by atoms with Crippen molar-refractivity contribution in [1.82, 2.24) is 5.32 Å². The smallest absolute Gasteiger partial charge is 0.123 e. The highest BCUT2D eigenvalue weighted by atomic mass is 19.1. The quantitative estimate of drug-likeness (QED) is 0.749. The Morgan fingerprint density at radius 1 is 1.57 bits per heavy atom. The predicted octanol–water partition coefficient (Wildman–Crippen LogP) is 1.77. The van der Waals surface area contributed by atoms with E-state index in [1.165, 1.54) is 6.07 Å². The van der Waals surface area contributed by atoms with Crippen LogP contribution in [0.5, 0.6) is 0 Å². The zero-order chi connectivity index (χ0) is 10.1. The molecule has 2 rings (SSSR count). The molecule has 1 aliphatic heterocycles. The Kier molecular flexibility index (Phi) is 2.42. The van der Waals surface area contributed by atoms with Crippen LogP contribution in [0.25, 0.3) is 0 Å². The lowest BCUT2D eigenvalue weighted by Gasteiger charge is -2.18. The molecule has 2 N–H and O–H groups in total. The second-order valence-corrected chi connectivity index (χ2v) is 3.83. The lowest BCUT2D eigenvalue weighted by molar-refractivity contribution is 0.526. The van der Waals surface area contributed by atoms with Gasteiger partial charge in [-0.15, -0.1) is 0 Å². The molecule has 1 aromatic rings. The molecule has 0 saturated carbocycles. The van der Waals surface area contributed by atoms with E-state index in [0.29, 0.717) is 12.1 Å². The number of hydrogen-bond donors (Lipinski definition) is 2. The summed E-state index contributed by atoms with van der Waals surface area (Å²) >= 11 is 0. The molecular weight excluding hydrogens is 179 g/mol. The van der Waals surface area contributed by atoms with Gasteiger partial charge in [0, 0.05) is 17.8 Å². The van der Waals surface area contributed by atoms with Crippen LogP contribution in [-0.4, -0.2) is 19.1 Å². The molecule has 1 aliphatic rings. The van der Waals surface area contributed by atoms with E-state index in [0.717, 1.165) is 17.7 Å². The second-order valence-electron chi connectivity index (χ2n) is 3.83. The summed E-state index contributed by atoms with van der Waals surface area (Å²) in [6.07, 6.45) is 0.898. The van der Waals surface area contributed by atoms with Crippen molar-refractivity contribution in [2.75, 3.05) is 12.4 Å². The van der Waals surface area contributed by atoms with Crippen molar-refractivity contribution in [3.05, 3.63) is 29.6 Å². The van der Waals surface area contributed by atoms with Gasteiger partial charge in [-0.3, -0.25) is 0 Å². The number of anilines is 1. The Bertz CT molecular complexity index is 338. The van der Waals surface area contributed by atoms with Crippen LogP contribution >= 0.6 is 0 Å². The largest absolute Gasteiger partial charge is 0.380 e. The Balaban J connectivity index is 2.17. The van der Waals surface area contributed by atoms with E-state index in [-0.39, 0.29) is 5.82 Å². The molecule has 76 valence electrons. The van der Waals surface area contributed by atoms with Crippen molar-refractivity contribution >= 4 is 5.69 Å². The number of fused-ring (bicyclic) bond motifs is 1. The molecule has 1 aromatic carbocycles. The Hall–Kier alpha value is -1.09. The van der Waals surface area contributed by atoms with Crippen LogP contribution < -0.4 is 10.6 Å². The maximum absolute atomic E-state index is 12.9. The lowest BCUT2D eigenvalue weighted by atomic mass is 10.1. The summed E-state index contributed by atoms with van der Waals surface area (Å²) in [5.74, 6) is -0.150. The molecule has 0 saturated heterocycles. The third kappa shape index (κ3) is 1.60. The Morgan fingerprint density at radius 2 is 2.36 bits per heavy atom. The fourth-order valence-electron chi connectivity index (χ4n) is 1.86. The van der Waals surface area contributed by atoms with Gasteiger partial charge < -0.3 is 10.6 Å². The minimum atomic E-state index is -0.150. The first-order valence-corrected chi connectivity index (χ1v) is 4.93. The third-order valence-corrected chi connectivity index (χ3v) is 2.91. The number of rotatable bonds is 2. The van der Waals surface area contributed by atoms with Crippen LogP contribution in [0.1, 0.15) is 12.5 Å². The standard InChI is InChI=1S/C11H15FN2/c1-7(13-2)11-6-8-5-9(12)3-4-10(8)14-11/h3-5,7,11,13-14H,6H2,1-2H3. The molecule has 1 heterocycles. The fraction of sp³-hybridized carbons (Fsp3) is 0.455. The van der Waals surface area contributed by atoms with Gasteiger partial charge in [-0.05, 0) is 44.2 Å². The van der Waals surface area contributed by atoms with E-state index in [1.54, 1.807) is 6.07 Å². The highest BCUT2D eigenvalue weighted by molar-refractivity contribution is 5.57. The van der Waals surface area contributed by atoms with Gasteiger partial charge in [0.1, 0.15) is 5.82 Å². The first-order chi connectivity index (χ1) is 6.70. The maximum atomic E-state index is 12.9. The molecule has 2 unspecified atom stereocenters. The maximum Gasteiger partial charge on any atom is 0.123 e. The summed E-state index contributed by atoms with van der Waals surface area (Å²) in [4.78, 5) is 0. The van der Waals surface area contributed by atoms with Gasteiger partial charge >= 0.3 is 0 Å². The molecule has 3 heteroatoms. The van der Waals surface area contributed by atoms with Gasteiger partial charge in [0.2, 0.25) is 0 Å². The number of nitrogens with one attached hydrogen (secondary N) is 2. The molecule has 0 amide bonds. The van der Waals surface area contributed by atoms with E-state index in [9.17, 15) is 4.39 Å². The van der Waals surface area contributed by atoms with Crippen molar-refractivity contribution in [3.8, 4) is 0 Å². The molecule has 0 spiro atoms. The summed E-state index contributed by atoms with van der Waals surface area (Å²) in [5, 5.41) is 6.58. The van der Waals surface area contributed by atoms with E-state index >= 15 is 0 Å². The van der Waals surface area contributed by atoms with Crippen LogP contribution in [0.15, 0.2) is 18.2 Å². The van der Waals surface area contributed by atoms with Crippen LogP contribution in [0.3, 0.4) is 0 Å². The number of halogens is 1. The Labute approximate surface area is 83.5 Å². The molecule has 0 radical (unpaired) electrons. The number of likely N-dealkylation sites (N-methyl/N-ethyl adjacent to an activating group) is 1. The van der Waals surface area contributed by atoms with Crippen molar-refractivity contribution in [2.24, 2.45) is 0 Å². The second kappa shape index (κ2) is 3.58. The average molecular weight is 194 g/mol. The van der Waals surface area contributed by atoms with Gasteiger partial charge in [-0.1, -0.05) is 0 Å². The molecule has 2 nitrogen and oxygen atoms in total. The third-order valence-electron chi connectivity index (χ3n) is 2.91.